The third-order valence-electron chi connectivity index (χ3n) is 5.98. The average Bonchev–Trinajstić information content (AvgIpc) is 3.14. The van der Waals surface area contributed by atoms with E-state index in [-0.39, 0.29) is 24.1 Å². The molecule has 2 aromatic rings. The monoisotopic (exact) mass is 449 g/mol. The van der Waals surface area contributed by atoms with E-state index in [1.54, 1.807) is 28.0 Å². The molecule has 2 aromatic carbocycles. The van der Waals surface area contributed by atoms with Crippen LogP contribution in [0, 0.1) is 11.7 Å². The lowest BCUT2D eigenvalue weighted by Crippen LogP contribution is -2.50. The summed E-state index contributed by atoms with van der Waals surface area (Å²) >= 11 is 0. The normalized spacial score (nSPS) is 19.6. The van der Waals surface area contributed by atoms with E-state index in [2.05, 4.69) is 0 Å². The van der Waals surface area contributed by atoms with Gasteiger partial charge >= 0.3 is 6.18 Å². The number of carbonyl (C=O) groups is 2. The highest BCUT2D eigenvalue weighted by molar-refractivity contribution is 5.89. The molecule has 0 bridgehead atoms. The minimum Gasteiger partial charge on any atom is -0.368 e. The number of likely N-dealkylation sites (tertiary alicyclic amines) is 1. The van der Waals surface area contributed by atoms with E-state index in [4.69, 9.17) is 0 Å². The van der Waals surface area contributed by atoms with Crippen LogP contribution in [0.2, 0.25) is 0 Å². The number of nitrogens with zero attached hydrogens (tertiary/aromatic N) is 3. The molecule has 9 heteroatoms. The minimum absolute atomic E-state index is 0.108. The highest BCUT2D eigenvalue weighted by atomic mass is 19.4. The van der Waals surface area contributed by atoms with E-state index >= 15 is 0 Å². The zero-order chi connectivity index (χ0) is 22.9. The molecule has 2 aliphatic rings. The minimum atomic E-state index is -4.40. The van der Waals surface area contributed by atoms with Crippen LogP contribution >= 0.6 is 0 Å². The molecule has 0 radical (unpaired) electrons. The second kappa shape index (κ2) is 8.80. The van der Waals surface area contributed by atoms with Crippen molar-refractivity contribution in [2.45, 2.75) is 19.1 Å². The van der Waals surface area contributed by atoms with Crippen LogP contribution in [0.25, 0.3) is 0 Å². The largest absolute Gasteiger partial charge is 0.416 e. The first-order chi connectivity index (χ1) is 15.2. The molecule has 170 valence electrons. The Morgan fingerprint density at radius 2 is 1.69 bits per heavy atom. The molecule has 32 heavy (non-hydrogen) atoms. The van der Waals surface area contributed by atoms with E-state index in [1.807, 2.05) is 4.90 Å². The third-order valence-corrected chi connectivity index (χ3v) is 5.98. The van der Waals surface area contributed by atoms with Gasteiger partial charge < -0.3 is 14.7 Å². The van der Waals surface area contributed by atoms with Gasteiger partial charge in [0.2, 0.25) is 11.8 Å². The SMILES string of the molecule is O=C1C[C@H](C(=O)N2CCN(c3cccc(C(F)(F)F)c3)CC2)CN1Cc1ccc(F)cc1. The zero-order valence-electron chi connectivity index (χ0n) is 17.3. The molecular weight excluding hydrogens is 426 g/mol. The van der Waals surface area contributed by atoms with Crippen molar-refractivity contribution in [3.05, 3.63) is 65.5 Å². The van der Waals surface area contributed by atoms with Gasteiger partial charge in [-0.15, -0.1) is 0 Å². The van der Waals surface area contributed by atoms with Gasteiger partial charge in [-0.1, -0.05) is 18.2 Å². The van der Waals surface area contributed by atoms with Crippen molar-refractivity contribution < 1.29 is 27.2 Å². The summed E-state index contributed by atoms with van der Waals surface area (Å²) in [7, 11) is 0. The summed E-state index contributed by atoms with van der Waals surface area (Å²) in [5.74, 6) is -1.01. The van der Waals surface area contributed by atoms with Crippen molar-refractivity contribution in [2.75, 3.05) is 37.6 Å². The number of hydrogen-bond donors (Lipinski definition) is 0. The molecule has 2 aliphatic heterocycles. The summed E-state index contributed by atoms with van der Waals surface area (Å²) in [5.41, 5.74) is 0.579. The van der Waals surface area contributed by atoms with Crippen LogP contribution in [-0.2, 0) is 22.3 Å². The highest BCUT2D eigenvalue weighted by Crippen LogP contribution is 2.32. The number of benzene rings is 2. The van der Waals surface area contributed by atoms with Crippen LogP contribution in [0.4, 0.5) is 23.2 Å². The Morgan fingerprint density at radius 3 is 2.34 bits per heavy atom. The summed E-state index contributed by atoms with van der Waals surface area (Å²) in [6, 6.07) is 11.1. The number of amides is 2. The van der Waals surface area contributed by atoms with Crippen LogP contribution in [-0.4, -0.2) is 54.3 Å². The molecule has 2 saturated heterocycles. The Bertz CT molecular complexity index is 985. The maximum Gasteiger partial charge on any atom is 0.416 e. The second-order valence-electron chi connectivity index (χ2n) is 8.16. The van der Waals surface area contributed by atoms with Gasteiger partial charge in [0.25, 0.3) is 0 Å². The predicted octanol–water partition coefficient (Wildman–Crippen LogP) is 3.54. The van der Waals surface area contributed by atoms with Gasteiger partial charge in [-0.3, -0.25) is 9.59 Å². The third kappa shape index (κ3) is 4.87. The molecule has 5 nitrogen and oxygen atoms in total. The number of anilines is 1. The van der Waals surface area contributed by atoms with Crippen LogP contribution in [0.1, 0.15) is 17.5 Å². The number of alkyl halides is 3. The van der Waals surface area contributed by atoms with E-state index in [1.165, 1.54) is 18.2 Å². The van der Waals surface area contributed by atoms with Gasteiger partial charge in [-0.2, -0.15) is 13.2 Å². The predicted molar refractivity (Wildman–Crippen MR) is 110 cm³/mol. The topological polar surface area (TPSA) is 43.9 Å². The van der Waals surface area contributed by atoms with Crippen molar-refractivity contribution in [3.8, 4) is 0 Å². The Labute approximate surface area is 183 Å². The highest BCUT2D eigenvalue weighted by Gasteiger charge is 2.37. The molecule has 0 spiro atoms. The first kappa shape index (κ1) is 22.1. The van der Waals surface area contributed by atoms with Crippen LogP contribution < -0.4 is 4.90 Å². The summed E-state index contributed by atoms with van der Waals surface area (Å²) in [6.45, 7) is 2.25. The van der Waals surface area contributed by atoms with Gasteiger partial charge in [-0.05, 0) is 35.9 Å². The quantitative estimate of drug-likeness (QED) is 0.671. The molecule has 2 fully saturated rings. The number of piperazine rings is 1. The maximum absolute atomic E-state index is 13.1. The Balaban J connectivity index is 1.33. The summed E-state index contributed by atoms with van der Waals surface area (Å²) < 4.78 is 52.0. The molecule has 0 aromatic heterocycles. The van der Waals surface area contributed by atoms with Crippen LogP contribution in [0.15, 0.2) is 48.5 Å². The number of rotatable bonds is 4. The van der Waals surface area contributed by atoms with E-state index in [0.29, 0.717) is 45.0 Å². The fourth-order valence-corrected chi connectivity index (χ4v) is 4.22. The molecule has 0 saturated carbocycles. The average molecular weight is 449 g/mol. The summed E-state index contributed by atoms with van der Waals surface area (Å²) in [5, 5.41) is 0. The smallest absolute Gasteiger partial charge is 0.368 e. The molecule has 2 amide bonds. The van der Waals surface area contributed by atoms with Crippen molar-refractivity contribution in [2.24, 2.45) is 5.92 Å². The fourth-order valence-electron chi connectivity index (χ4n) is 4.22. The molecule has 0 unspecified atom stereocenters. The number of hydrogen-bond acceptors (Lipinski definition) is 3. The van der Waals surface area contributed by atoms with Crippen LogP contribution in [0.5, 0.6) is 0 Å². The lowest BCUT2D eigenvalue weighted by Gasteiger charge is -2.37. The van der Waals surface area contributed by atoms with Crippen molar-refractivity contribution >= 4 is 17.5 Å². The maximum atomic E-state index is 13.1. The van der Waals surface area contributed by atoms with E-state index < -0.39 is 17.7 Å². The fraction of sp³-hybridized carbons (Fsp3) is 0.391. The van der Waals surface area contributed by atoms with Crippen molar-refractivity contribution in [1.82, 2.24) is 9.80 Å². The van der Waals surface area contributed by atoms with Crippen LogP contribution in [0.3, 0.4) is 0 Å². The molecule has 0 N–H and O–H groups in total. The van der Waals surface area contributed by atoms with Gasteiger partial charge in [-0.25, -0.2) is 4.39 Å². The Hall–Kier alpha value is -3.10. The zero-order valence-corrected chi connectivity index (χ0v) is 17.3. The summed E-state index contributed by atoms with van der Waals surface area (Å²) in [6.07, 6.45) is -4.27. The summed E-state index contributed by atoms with van der Waals surface area (Å²) in [4.78, 5) is 30.4. The van der Waals surface area contributed by atoms with Crippen molar-refractivity contribution in [3.63, 3.8) is 0 Å². The number of halogens is 4. The van der Waals surface area contributed by atoms with Crippen molar-refractivity contribution in [1.29, 1.82) is 0 Å². The first-order valence-corrected chi connectivity index (χ1v) is 10.4. The first-order valence-electron chi connectivity index (χ1n) is 10.4. The molecule has 2 heterocycles. The second-order valence-corrected chi connectivity index (χ2v) is 8.16. The lowest BCUT2D eigenvalue weighted by molar-refractivity contribution is -0.137. The standard InChI is InChI=1S/C23H23F4N3O2/c24-19-6-4-16(5-7-19)14-30-15-17(12-21(30)31)22(32)29-10-8-28(9-11-29)20-3-1-2-18(13-20)23(25,26)27/h1-7,13,17H,8-12,14-15H2/t17-/m0/s1. The molecule has 0 aliphatic carbocycles. The Morgan fingerprint density at radius 1 is 1.00 bits per heavy atom. The lowest BCUT2D eigenvalue weighted by atomic mass is 10.1. The Kier molecular flexibility index (Phi) is 6.08. The number of carbonyl (C=O) groups excluding carboxylic acids is 2. The molecule has 1 atom stereocenters. The van der Waals surface area contributed by atoms with Gasteiger partial charge in [0.15, 0.2) is 0 Å². The molecular formula is C23H23F4N3O2. The van der Waals surface area contributed by atoms with E-state index in [0.717, 1.165) is 17.7 Å². The molecule has 4 rings (SSSR count). The van der Waals surface area contributed by atoms with Gasteiger partial charge in [0, 0.05) is 51.4 Å². The van der Waals surface area contributed by atoms with E-state index in [9.17, 15) is 27.2 Å². The van der Waals surface area contributed by atoms with Gasteiger partial charge in [0.05, 0.1) is 11.5 Å². The van der Waals surface area contributed by atoms with Gasteiger partial charge in [0.1, 0.15) is 5.82 Å².